The number of aromatic nitrogens is 4. The van der Waals surface area contributed by atoms with E-state index >= 15 is 0 Å². The quantitative estimate of drug-likeness (QED) is 0.253. The molecule has 0 radical (unpaired) electrons. The fourth-order valence-electron chi connectivity index (χ4n) is 4.01. The van der Waals surface area contributed by atoms with Crippen molar-refractivity contribution in [1.82, 2.24) is 20.2 Å². The number of nitrogens with zero attached hydrogens (tertiary/aromatic N) is 4. The van der Waals surface area contributed by atoms with Crippen molar-refractivity contribution in [2.75, 3.05) is 0 Å². The molecule has 6 rings (SSSR count). The number of hydrogen-bond donors (Lipinski definition) is 0. The number of benzene rings is 3. The number of thiophene rings is 1. The van der Waals surface area contributed by atoms with Gasteiger partial charge in [0.25, 0.3) is 0 Å². The van der Waals surface area contributed by atoms with Gasteiger partial charge in [-0.3, -0.25) is 0 Å². The lowest BCUT2D eigenvalue weighted by molar-refractivity contribution is 1.09. The van der Waals surface area contributed by atoms with Crippen LogP contribution in [-0.4, -0.2) is 20.2 Å². The van der Waals surface area contributed by atoms with Crippen molar-refractivity contribution in [3.8, 4) is 33.8 Å². The number of hydrogen-bond acceptors (Lipinski definition) is 5. The zero-order valence-corrected chi connectivity index (χ0v) is 19.2. The minimum absolute atomic E-state index is 0.429. The lowest BCUT2D eigenvalue weighted by Gasteiger charge is -2.10. The molecule has 0 unspecified atom stereocenters. The van der Waals surface area contributed by atoms with Crippen LogP contribution in [0.25, 0.3) is 54.2 Å². The molecule has 0 spiro atoms. The molecule has 0 saturated heterocycles. The SMILES string of the molecule is Cc1ccc(-c2nc(Cl)c3sc4nnc(-c5ccccc5)c(-c5ccccc5)c4c3n2)cc1. The predicted molar refractivity (Wildman–Crippen MR) is 137 cm³/mol. The molecular weight excluding hydrogens is 448 g/mol. The highest BCUT2D eigenvalue weighted by molar-refractivity contribution is 7.26. The minimum Gasteiger partial charge on any atom is -0.226 e. The number of halogens is 1. The van der Waals surface area contributed by atoms with Crippen LogP contribution >= 0.6 is 22.9 Å². The van der Waals surface area contributed by atoms with Crippen molar-refractivity contribution in [3.05, 3.63) is 95.6 Å². The van der Waals surface area contributed by atoms with E-state index in [0.29, 0.717) is 11.0 Å². The van der Waals surface area contributed by atoms with E-state index in [-0.39, 0.29) is 0 Å². The third-order valence-corrected chi connectivity index (χ3v) is 7.08. The summed E-state index contributed by atoms with van der Waals surface area (Å²) < 4.78 is 0.819. The van der Waals surface area contributed by atoms with Crippen LogP contribution in [0.15, 0.2) is 84.9 Å². The van der Waals surface area contributed by atoms with Gasteiger partial charge < -0.3 is 0 Å². The molecule has 33 heavy (non-hydrogen) atoms. The molecule has 0 N–H and O–H groups in total. The summed E-state index contributed by atoms with van der Waals surface area (Å²) in [5, 5.41) is 10.6. The fraction of sp³-hybridized carbons (Fsp3) is 0.0370. The number of rotatable bonds is 3. The van der Waals surface area contributed by atoms with E-state index in [0.717, 1.165) is 48.4 Å². The maximum atomic E-state index is 6.68. The Kier molecular flexibility index (Phi) is 4.86. The van der Waals surface area contributed by atoms with E-state index in [1.54, 1.807) is 0 Å². The first-order valence-corrected chi connectivity index (χ1v) is 11.7. The first-order valence-electron chi connectivity index (χ1n) is 10.5. The third kappa shape index (κ3) is 3.46. The van der Waals surface area contributed by atoms with Gasteiger partial charge in [-0.05, 0) is 12.5 Å². The normalized spacial score (nSPS) is 11.3. The second-order valence-electron chi connectivity index (χ2n) is 7.82. The van der Waals surface area contributed by atoms with Crippen LogP contribution in [0.5, 0.6) is 0 Å². The van der Waals surface area contributed by atoms with Crippen molar-refractivity contribution in [2.24, 2.45) is 0 Å². The standard InChI is InChI=1S/C27H17ClN4S/c1-16-12-14-19(15-13-16)26-29-23-21-20(17-8-4-2-5-9-17)22(18-10-6-3-7-11-18)31-32-27(21)33-24(23)25(28)30-26/h2-15H,1H3. The second kappa shape index (κ2) is 8.03. The number of aryl methyl sites for hydroxylation is 1. The zero-order valence-electron chi connectivity index (χ0n) is 17.7. The Morgan fingerprint density at radius 1 is 0.697 bits per heavy atom. The molecule has 6 heteroatoms. The van der Waals surface area contributed by atoms with Crippen LogP contribution < -0.4 is 0 Å². The fourth-order valence-corrected chi connectivity index (χ4v) is 5.24. The van der Waals surface area contributed by atoms with Gasteiger partial charge in [0.15, 0.2) is 11.0 Å². The molecule has 0 saturated carbocycles. The highest BCUT2D eigenvalue weighted by Crippen LogP contribution is 2.44. The Morgan fingerprint density at radius 2 is 1.36 bits per heavy atom. The summed E-state index contributed by atoms with van der Waals surface area (Å²) in [6.45, 7) is 2.06. The molecule has 0 fully saturated rings. The van der Waals surface area contributed by atoms with Gasteiger partial charge in [-0.1, -0.05) is 102 Å². The van der Waals surface area contributed by atoms with Crippen LogP contribution in [0.4, 0.5) is 0 Å². The largest absolute Gasteiger partial charge is 0.226 e. The average molecular weight is 465 g/mol. The molecule has 0 aliphatic carbocycles. The maximum Gasteiger partial charge on any atom is 0.161 e. The molecule has 3 aromatic carbocycles. The van der Waals surface area contributed by atoms with Crippen LogP contribution in [0, 0.1) is 6.92 Å². The van der Waals surface area contributed by atoms with E-state index < -0.39 is 0 Å². The molecule has 4 nitrogen and oxygen atoms in total. The van der Waals surface area contributed by atoms with Crippen LogP contribution in [0.1, 0.15) is 5.56 Å². The van der Waals surface area contributed by atoms with Crippen molar-refractivity contribution < 1.29 is 0 Å². The Morgan fingerprint density at radius 3 is 2.06 bits per heavy atom. The van der Waals surface area contributed by atoms with Crippen molar-refractivity contribution in [1.29, 1.82) is 0 Å². The molecule has 0 amide bonds. The Labute approximate surface area is 199 Å². The monoisotopic (exact) mass is 464 g/mol. The topological polar surface area (TPSA) is 51.6 Å². The Hall–Kier alpha value is -3.67. The van der Waals surface area contributed by atoms with Crippen molar-refractivity contribution >= 4 is 43.4 Å². The average Bonchev–Trinajstić information content (AvgIpc) is 3.24. The van der Waals surface area contributed by atoms with Crippen molar-refractivity contribution in [2.45, 2.75) is 6.92 Å². The first kappa shape index (κ1) is 20.0. The van der Waals surface area contributed by atoms with E-state index in [2.05, 4.69) is 58.5 Å². The van der Waals surface area contributed by atoms with Gasteiger partial charge in [-0.25, -0.2) is 9.97 Å². The Balaban J connectivity index is 1.73. The van der Waals surface area contributed by atoms with Crippen LogP contribution in [0.2, 0.25) is 5.15 Å². The van der Waals surface area contributed by atoms with Gasteiger partial charge in [0.1, 0.15) is 10.5 Å². The summed E-state index contributed by atoms with van der Waals surface area (Å²) >= 11 is 8.16. The van der Waals surface area contributed by atoms with Crippen molar-refractivity contribution in [3.63, 3.8) is 0 Å². The first-order chi connectivity index (χ1) is 16.2. The summed E-state index contributed by atoms with van der Waals surface area (Å²) in [4.78, 5) is 10.4. The third-order valence-electron chi connectivity index (χ3n) is 5.62. The summed E-state index contributed by atoms with van der Waals surface area (Å²) in [5.74, 6) is 0.601. The summed E-state index contributed by atoms with van der Waals surface area (Å²) in [6, 6.07) is 28.5. The van der Waals surface area contributed by atoms with E-state index in [4.69, 9.17) is 16.6 Å². The molecule has 6 aromatic rings. The van der Waals surface area contributed by atoms with E-state index in [1.807, 2.05) is 48.5 Å². The van der Waals surface area contributed by atoms with Gasteiger partial charge in [-0.15, -0.1) is 21.5 Å². The van der Waals surface area contributed by atoms with E-state index in [1.165, 1.54) is 16.9 Å². The highest BCUT2D eigenvalue weighted by Gasteiger charge is 2.22. The van der Waals surface area contributed by atoms with Gasteiger partial charge >= 0.3 is 0 Å². The minimum atomic E-state index is 0.429. The van der Waals surface area contributed by atoms with Gasteiger partial charge in [0, 0.05) is 22.1 Å². The van der Waals surface area contributed by atoms with Gasteiger partial charge in [0.2, 0.25) is 0 Å². The lowest BCUT2D eigenvalue weighted by Crippen LogP contribution is -1.95. The Bertz CT molecular complexity index is 1610. The molecule has 3 aromatic heterocycles. The maximum absolute atomic E-state index is 6.68. The predicted octanol–water partition coefficient (Wildman–Crippen LogP) is 7.60. The highest BCUT2D eigenvalue weighted by atomic mass is 35.5. The molecule has 158 valence electrons. The van der Waals surface area contributed by atoms with Crippen LogP contribution in [-0.2, 0) is 0 Å². The summed E-state index contributed by atoms with van der Waals surface area (Å²) in [7, 11) is 0. The molecule has 0 atom stereocenters. The molecule has 0 aliphatic heterocycles. The summed E-state index contributed by atoms with van der Waals surface area (Å²) in [6.07, 6.45) is 0. The molecular formula is C27H17ClN4S. The molecule has 0 bridgehead atoms. The van der Waals surface area contributed by atoms with Gasteiger partial charge in [-0.2, -0.15) is 0 Å². The smallest absolute Gasteiger partial charge is 0.161 e. The van der Waals surface area contributed by atoms with E-state index in [9.17, 15) is 0 Å². The number of fused-ring (bicyclic) bond motifs is 3. The zero-order chi connectivity index (χ0) is 22.4. The lowest BCUT2D eigenvalue weighted by atomic mass is 9.97. The molecule has 0 aliphatic rings. The summed E-state index contributed by atoms with van der Waals surface area (Å²) in [5.41, 5.74) is 6.79. The van der Waals surface area contributed by atoms with Gasteiger partial charge in [0.05, 0.1) is 10.2 Å². The molecule has 3 heterocycles. The van der Waals surface area contributed by atoms with Crippen LogP contribution in [0.3, 0.4) is 0 Å². The second-order valence-corrected chi connectivity index (χ2v) is 9.18.